The van der Waals surface area contributed by atoms with Gasteiger partial charge in [0.05, 0.1) is 12.2 Å². The van der Waals surface area contributed by atoms with E-state index in [4.69, 9.17) is 14.7 Å². The molecule has 0 bridgehead atoms. The van der Waals surface area contributed by atoms with Crippen molar-refractivity contribution >= 4 is 11.7 Å². The summed E-state index contributed by atoms with van der Waals surface area (Å²) in [5.41, 5.74) is 2.47. The summed E-state index contributed by atoms with van der Waals surface area (Å²) in [6, 6.07) is 3.73. The van der Waals surface area contributed by atoms with E-state index in [0.717, 1.165) is 42.2 Å². The average Bonchev–Trinajstić information content (AvgIpc) is 3.00. The van der Waals surface area contributed by atoms with Crippen molar-refractivity contribution in [3.8, 4) is 17.3 Å². The Labute approximate surface area is 197 Å². The van der Waals surface area contributed by atoms with Crippen LogP contribution in [0.2, 0.25) is 0 Å². The smallest absolute Gasteiger partial charge is 0.239 e. The number of anilines is 1. The Hall–Kier alpha value is -2.74. The number of nitrogens with zero attached hydrogens (tertiary/aromatic N) is 5. The highest BCUT2D eigenvalue weighted by Gasteiger charge is 2.35. The molecule has 1 aliphatic rings. The van der Waals surface area contributed by atoms with Crippen molar-refractivity contribution in [2.45, 2.75) is 58.4 Å². The second kappa shape index (κ2) is 9.63. The third-order valence-electron chi connectivity index (χ3n) is 5.65. The van der Waals surface area contributed by atoms with E-state index in [-0.39, 0.29) is 23.4 Å². The van der Waals surface area contributed by atoms with Crippen LogP contribution in [0.25, 0.3) is 11.5 Å². The lowest BCUT2D eigenvalue weighted by atomic mass is 9.90. The van der Waals surface area contributed by atoms with Crippen LogP contribution in [0, 0.1) is 0 Å². The molecule has 0 aromatic carbocycles. The number of likely N-dealkylation sites (N-methyl/N-ethyl adjacent to an activating group) is 2. The van der Waals surface area contributed by atoms with Crippen LogP contribution < -0.4 is 15.0 Å². The van der Waals surface area contributed by atoms with Gasteiger partial charge in [0.25, 0.3) is 0 Å². The van der Waals surface area contributed by atoms with Crippen molar-refractivity contribution in [3.05, 3.63) is 29.6 Å². The van der Waals surface area contributed by atoms with Crippen LogP contribution >= 0.6 is 0 Å². The standard InChI is InChI=1S/C25H38N6O2/c1-24(2,3)29-20(32)16-31(8)23-18-9-11-25(4,5)21(18)27-22(28-23)19-15-17(10-12-26-19)33-14-13-30(6)7/h10,12,15H,9,11,13-14,16H2,1-8H3,(H,29,32). The number of amides is 1. The van der Waals surface area contributed by atoms with Gasteiger partial charge in [0.1, 0.15) is 23.9 Å². The predicted octanol–water partition coefficient (Wildman–Crippen LogP) is 3.05. The third kappa shape index (κ3) is 6.41. The summed E-state index contributed by atoms with van der Waals surface area (Å²) >= 11 is 0. The van der Waals surface area contributed by atoms with Crippen molar-refractivity contribution < 1.29 is 9.53 Å². The predicted molar refractivity (Wildman–Crippen MR) is 132 cm³/mol. The molecule has 180 valence electrons. The number of nitrogens with one attached hydrogen (secondary N) is 1. The largest absolute Gasteiger partial charge is 0.492 e. The van der Waals surface area contributed by atoms with E-state index < -0.39 is 0 Å². The molecule has 2 aromatic heterocycles. The van der Waals surface area contributed by atoms with Crippen LogP contribution in [-0.4, -0.2) is 72.1 Å². The maximum Gasteiger partial charge on any atom is 0.239 e. The molecule has 0 radical (unpaired) electrons. The first-order chi connectivity index (χ1) is 15.4. The van der Waals surface area contributed by atoms with Crippen LogP contribution in [0.1, 0.15) is 52.3 Å². The molecule has 0 saturated heterocycles. The molecule has 0 aliphatic heterocycles. The van der Waals surface area contributed by atoms with Crippen LogP contribution in [0.3, 0.4) is 0 Å². The number of pyridine rings is 1. The number of carbonyl (C=O) groups excluding carboxylic acids is 1. The molecule has 0 spiro atoms. The van der Waals surface area contributed by atoms with Crippen LogP contribution in [0.4, 0.5) is 5.82 Å². The highest BCUT2D eigenvalue weighted by atomic mass is 16.5. The van der Waals surface area contributed by atoms with E-state index in [1.54, 1.807) is 6.20 Å². The number of hydrogen-bond donors (Lipinski definition) is 1. The molecule has 8 nitrogen and oxygen atoms in total. The lowest BCUT2D eigenvalue weighted by Gasteiger charge is -2.26. The second-order valence-electron chi connectivity index (χ2n) is 10.8. The zero-order valence-corrected chi connectivity index (χ0v) is 21.3. The molecule has 33 heavy (non-hydrogen) atoms. The van der Waals surface area contributed by atoms with E-state index in [9.17, 15) is 4.79 Å². The molecule has 0 saturated carbocycles. The van der Waals surface area contributed by atoms with Crippen molar-refractivity contribution in [2.75, 3.05) is 45.7 Å². The zero-order valence-electron chi connectivity index (χ0n) is 21.3. The van der Waals surface area contributed by atoms with Gasteiger partial charge < -0.3 is 19.9 Å². The molecular formula is C25H38N6O2. The Bertz CT molecular complexity index is 997. The Balaban J connectivity index is 1.94. The minimum Gasteiger partial charge on any atom is -0.492 e. The molecule has 1 N–H and O–H groups in total. The molecular weight excluding hydrogens is 416 g/mol. The number of carbonyl (C=O) groups is 1. The molecule has 0 unspecified atom stereocenters. The molecule has 8 heteroatoms. The first-order valence-electron chi connectivity index (χ1n) is 11.5. The fourth-order valence-electron chi connectivity index (χ4n) is 3.97. The summed E-state index contributed by atoms with van der Waals surface area (Å²) in [5, 5.41) is 3.03. The highest BCUT2D eigenvalue weighted by molar-refractivity contribution is 5.82. The van der Waals surface area contributed by atoms with Gasteiger partial charge in [0.2, 0.25) is 5.91 Å². The third-order valence-corrected chi connectivity index (χ3v) is 5.65. The van der Waals surface area contributed by atoms with Gasteiger partial charge in [-0.05, 0) is 53.8 Å². The van der Waals surface area contributed by atoms with Crippen LogP contribution in [-0.2, 0) is 16.6 Å². The first-order valence-corrected chi connectivity index (χ1v) is 11.5. The van der Waals surface area contributed by atoms with E-state index in [1.807, 2.05) is 58.9 Å². The molecule has 2 aromatic rings. The van der Waals surface area contributed by atoms with Gasteiger partial charge in [-0.3, -0.25) is 9.78 Å². The van der Waals surface area contributed by atoms with E-state index >= 15 is 0 Å². The second-order valence-corrected chi connectivity index (χ2v) is 10.8. The molecule has 0 fully saturated rings. The number of ether oxygens (including phenoxy) is 1. The van der Waals surface area contributed by atoms with Gasteiger partial charge in [0.15, 0.2) is 5.82 Å². The molecule has 0 atom stereocenters. The van der Waals surface area contributed by atoms with Gasteiger partial charge in [-0.25, -0.2) is 9.97 Å². The fourth-order valence-corrected chi connectivity index (χ4v) is 3.97. The summed E-state index contributed by atoms with van der Waals surface area (Å²) in [6.07, 6.45) is 3.61. The van der Waals surface area contributed by atoms with Crippen molar-refractivity contribution in [2.24, 2.45) is 0 Å². The number of hydrogen-bond acceptors (Lipinski definition) is 7. The van der Waals surface area contributed by atoms with Gasteiger partial charge in [-0.15, -0.1) is 0 Å². The topological polar surface area (TPSA) is 83.5 Å². The Kier molecular flexibility index (Phi) is 7.26. The minimum atomic E-state index is -0.282. The van der Waals surface area contributed by atoms with Crippen molar-refractivity contribution in [1.29, 1.82) is 0 Å². The van der Waals surface area contributed by atoms with Crippen molar-refractivity contribution in [1.82, 2.24) is 25.2 Å². The molecule has 1 amide bonds. The Morgan fingerprint density at radius 2 is 1.94 bits per heavy atom. The highest BCUT2D eigenvalue weighted by Crippen LogP contribution is 2.41. The van der Waals surface area contributed by atoms with Crippen LogP contribution in [0.5, 0.6) is 5.75 Å². The summed E-state index contributed by atoms with van der Waals surface area (Å²) < 4.78 is 5.89. The minimum absolute atomic E-state index is 0.0365. The number of aromatic nitrogens is 3. The van der Waals surface area contributed by atoms with Gasteiger partial charge in [0, 0.05) is 42.4 Å². The zero-order chi connectivity index (χ0) is 24.4. The van der Waals surface area contributed by atoms with E-state index in [0.29, 0.717) is 18.1 Å². The number of rotatable bonds is 8. The summed E-state index contributed by atoms with van der Waals surface area (Å²) in [5.74, 6) is 2.06. The quantitative estimate of drug-likeness (QED) is 0.656. The van der Waals surface area contributed by atoms with Crippen molar-refractivity contribution in [3.63, 3.8) is 0 Å². The summed E-state index contributed by atoms with van der Waals surface area (Å²) in [7, 11) is 5.94. The molecule has 1 aliphatic carbocycles. The molecule has 2 heterocycles. The fraction of sp³-hybridized carbons (Fsp3) is 0.600. The SMILES string of the molecule is CN(C)CCOc1ccnc(-c2nc(N(C)CC(=O)NC(C)(C)C)c3c(n2)C(C)(C)CC3)c1. The maximum atomic E-state index is 12.6. The number of fused-ring (bicyclic) bond motifs is 1. The monoisotopic (exact) mass is 454 g/mol. The summed E-state index contributed by atoms with van der Waals surface area (Å²) in [6.45, 7) is 12.0. The van der Waals surface area contributed by atoms with Gasteiger partial charge >= 0.3 is 0 Å². The Morgan fingerprint density at radius 1 is 1.21 bits per heavy atom. The van der Waals surface area contributed by atoms with Crippen LogP contribution in [0.15, 0.2) is 18.3 Å². The van der Waals surface area contributed by atoms with Gasteiger partial charge in [-0.1, -0.05) is 13.8 Å². The van der Waals surface area contributed by atoms with Gasteiger partial charge in [-0.2, -0.15) is 0 Å². The average molecular weight is 455 g/mol. The Morgan fingerprint density at radius 3 is 2.61 bits per heavy atom. The van der Waals surface area contributed by atoms with E-state index in [1.165, 1.54) is 0 Å². The maximum absolute atomic E-state index is 12.6. The molecule has 3 rings (SSSR count). The lowest BCUT2D eigenvalue weighted by Crippen LogP contribution is -2.45. The lowest BCUT2D eigenvalue weighted by molar-refractivity contribution is -0.121. The normalized spacial score (nSPS) is 14.8. The summed E-state index contributed by atoms with van der Waals surface area (Å²) in [4.78, 5) is 30.9. The first kappa shape index (κ1) is 24.9. The van der Waals surface area contributed by atoms with E-state index in [2.05, 4.69) is 29.0 Å².